The topological polar surface area (TPSA) is 96.8 Å². The molecule has 8 nitrogen and oxygen atoms in total. The van der Waals surface area contributed by atoms with Crippen molar-refractivity contribution in [3.63, 3.8) is 0 Å². The second-order valence-corrected chi connectivity index (χ2v) is 10.4. The van der Waals surface area contributed by atoms with Gasteiger partial charge in [0.1, 0.15) is 16.3 Å². The van der Waals surface area contributed by atoms with Gasteiger partial charge in [0.05, 0.1) is 25.5 Å². The Morgan fingerprint density at radius 1 is 1.18 bits per heavy atom. The van der Waals surface area contributed by atoms with Crippen LogP contribution in [-0.2, 0) is 23.2 Å². The first-order chi connectivity index (χ1) is 15.9. The van der Waals surface area contributed by atoms with Gasteiger partial charge in [0, 0.05) is 55.8 Å². The van der Waals surface area contributed by atoms with Crippen LogP contribution in [0.15, 0.2) is 40.9 Å². The van der Waals surface area contributed by atoms with E-state index >= 15 is 0 Å². The molecule has 0 spiro atoms. The number of aromatic nitrogens is 2. The molecule has 1 atom stereocenters. The summed E-state index contributed by atoms with van der Waals surface area (Å²) >= 11 is 8.32. The van der Waals surface area contributed by atoms with Crippen LogP contribution in [0.1, 0.15) is 22.7 Å². The molecule has 1 saturated heterocycles. The van der Waals surface area contributed by atoms with E-state index in [9.17, 15) is 0 Å². The Morgan fingerprint density at radius 2 is 1.97 bits per heavy atom. The Morgan fingerprint density at radius 3 is 2.73 bits per heavy atom. The van der Waals surface area contributed by atoms with Gasteiger partial charge in [-0.1, -0.05) is 11.6 Å². The number of halogens is 1. The number of fused-ring (bicyclic) bond motifs is 1. The number of allylic oxidation sites excluding steroid dienone is 1. The molecule has 0 amide bonds. The Balaban J connectivity index is 1.45. The summed E-state index contributed by atoms with van der Waals surface area (Å²) in [5.74, 6) is 1.78. The zero-order valence-electron chi connectivity index (χ0n) is 19.1. The summed E-state index contributed by atoms with van der Waals surface area (Å²) in [7, 11) is 3.77. The van der Waals surface area contributed by atoms with Crippen LogP contribution in [0, 0.1) is 0 Å². The standard InChI is InChI=1S/C23H30ClN7OS/c1-29-6-8-30(9-7-29)18-11-20(32-2)23(26,12-17(18)25)22-27-13-16(24)21(28-22)31-5-3-15-4-10-33-19(15)14-31/h4,10-11,13H,3,5-9,12,14,25-26H2,1-2H3. The highest BCUT2D eigenvalue weighted by Gasteiger charge is 2.42. The fourth-order valence-electron chi connectivity index (χ4n) is 4.81. The lowest BCUT2D eigenvalue weighted by molar-refractivity contribution is 0.176. The van der Waals surface area contributed by atoms with Gasteiger partial charge in [-0.15, -0.1) is 11.3 Å². The maximum atomic E-state index is 6.93. The number of nitrogens with zero attached hydrogens (tertiary/aromatic N) is 5. The smallest absolute Gasteiger partial charge is 0.158 e. The number of piperazine rings is 1. The van der Waals surface area contributed by atoms with Crippen LogP contribution in [0.2, 0.25) is 5.02 Å². The first-order valence-corrected chi connectivity index (χ1v) is 12.4. The molecule has 1 fully saturated rings. The first-order valence-electron chi connectivity index (χ1n) is 11.2. The van der Waals surface area contributed by atoms with Gasteiger partial charge in [-0.05, 0) is 30.5 Å². The highest BCUT2D eigenvalue weighted by atomic mass is 35.5. The molecule has 2 aromatic heterocycles. The molecule has 0 bridgehead atoms. The summed E-state index contributed by atoms with van der Waals surface area (Å²) < 4.78 is 5.79. The van der Waals surface area contributed by atoms with Crippen molar-refractivity contribution < 1.29 is 4.74 Å². The van der Waals surface area contributed by atoms with Crippen LogP contribution < -0.4 is 16.4 Å². The van der Waals surface area contributed by atoms with Gasteiger partial charge in [0.15, 0.2) is 11.6 Å². The zero-order valence-corrected chi connectivity index (χ0v) is 20.6. The summed E-state index contributed by atoms with van der Waals surface area (Å²) in [4.78, 5) is 17.6. The third-order valence-electron chi connectivity index (χ3n) is 6.82. The van der Waals surface area contributed by atoms with Crippen molar-refractivity contribution in [2.24, 2.45) is 11.5 Å². The van der Waals surface area contributed by atoms with Gasteiger partial charge in [0.25, 0.3) is 0 Å². The average Bonchev–Trinajstić information content (AvgIpc) is 3.28. The summed E-state index contributed by atoms with van der Waals surface area (Å²) in [6.45, 7) is 5.44. The van der Waals surface area contributed by atoms with Crippen LogP contribution in [-0.4, -0.2) is 66.6 Å². The normalized spacial score (nSPS) is 24.1. The van der Waals surface area contributed by atoms with E-state index in [1.54, 1.807) is 24.6 Å². The molecule has 0 radical (unpaired) electrons. The molecule has 2 aliphatic heterocycles. The van der Waals surface area contributed by atoms with E-state index < -0.39 is 5.54 Å². The van der Waals surface area contributed by atoms with Crippen LogP contribution in [0.25, 0.3) is 0 Å². The summed E-state index contributed by atoms with van der Waals surface area (Å²) in [6.07, 6.45) is 4.95. The quantitative estimate of drug-likeness (QED) is 0.677. The predicted molar refractivity (Wildman–Crippen MR) is 132 cm³/mol. The van der Waals surface area contributed by atoms with Gasteiger partial charge >= 0.3 is 0 Å². The van der Waals surface area contributed by atoms with E-state index in [1.807, 2.05) is 6.08 Å². The number of hydrogen-bond donors (Lipinski definition) is 2. The van der Waals surface area contributed by atoms with Gasteiger partial charge in [-0.2, -0.15) is 0 Å². The number of likely N-dealkylation sites (N-methyl/N-ethyl adjacent to an activating group) is 1. The zero-order chi connectivity index (χ0) is 23.2. The number of rotatable bonds is 4. The first kappa shape index (κ1) is 22.5. The molecule has 33 heavy (non-hydrogen) atoms. The van der Waals surface area contributed by atoms with E-state index in [-0.39, 0.29) is 0 Å². The minimum absolute atomic E-state index is 0.379. The number of ether oxygens (including phenoxy) is 1. The number of anilines is 1. The molecular formula is C23H30ClN7OS. The van der Waals surface area contributed by atoms with Crippen LogP contribution >= 0.6 is 22.9 Å². The van der Waals surface area contributed by atoms with Gasteiger partial charge in [-0.3, -0.25) is 0 Å². The maximum Gasteiger partial charge on any atom is 0.158 e. The molecule has 0 saturated carbocycles. The lowest BCUT2D eigenvalue weighted by atomic mass is 9.85. The molecule has 1 aliphatic carbocycles. The van der Waals surface area contributed by atoms with E-state index in [1.165, 1.54) is 10.4 Å². The number of methoxy groups -OCH3 is 1. The van der Waals surface area contributed by atoms with Crippen molar-refractivity contribution in [1.82, 2.24) is 19.8 Å². The predicted octanol–water partition coefficient (Wildman–Crippen LogP) is 2.26. The summed E-state index contributed by atoms with van der Waals surface area (Å²) in [5, 5.41) is 2.66. The maximum absolute atomic E-state index is 6.93. The van der Waals surface area contributed by atoms with Crippen molar-refractivity contribution in [2.45, 2.75) is 24.9 Å². The molecule has 176 valence electrons. The fraction of sp³-hybridized carbons (Fsp3) is 0.478. The van der Waals surface area contributed by atoms with Crippen molar-refractivity contribution in [3.05, 3.63) is 62.2 Å². The van der Waals surface area contributed by atoms with Gasteiger partial charge < -0.3 is 30.9 Å². The minimum Gasteiger partial charge on any atom is -0.499 e. The van der Waals surface area contributed by atoms with Crippen molar-refractivity contribution in [1.29, 1.82) is 0 Å². The highest BCUT2D eigenvalue weighted by Crippen LogP contribution is 2.39. The molecule has 5 rings (SSSR count). The van der Waals surface area contributed by atoms with Crippen molar-refractivity contribution in [3.8, 4) is 0 Å². The molecular weight excluding hydrogens is 458 g/mol. The average molecular weight is 488 g/mol. The molecule has 1 unspecified atom stereocenters. The molecule has 2 aromatic rings. The second-order valence-electron chi connectivity index (χ2n) is 8.97. The molecule has 4 N–H and O–H groups in total. The molecule has 10 heteroatoms. The van der Waals surface area contributed by atoms with E-state index in [0.29, 0.717) is 28.8 Å². The Hall–Kier alpha value is -2.33. The second kappa shape index (κ2) is 8.79. The third kappa shape index (κ3) is 4.07. The van der Waals surface area contributed by atoms with Crippen LogP contribution in [0.3, 0.4) is 0 Å². The number of thiophene rings is 1. The monoisotopic (exact) mass is 487 g/mol. The highest BCUT2D eigenvalue weighted by molar-refractivity contribution is 7.10. The van der Waals surface area contributed by atoms with Crippen LogP contribution in [0.5, 0.6) is 0 Å². The summed E-state index contributed by atoms with van der Waals surface area (Å²) in [6, 6.07) is 2.20. The molecule has 0 aromatic carbocycles. The minimum atomic E-state index is -1.06. The van der Waals surface area contributed by atoms with Crippen LogP contribution in [0.4, 0.5) is 5.82 Å². The fourth-order valence-corrected chi connectivity index (χ4v) is 5.97. The van der Waals surface area contributed by atoms with E-state index in [0.717, 1.165) is 57.1 Å². The number of nitrogens with two attached hydrogens (primary N) is 2. The third-order valence-corrected chi connectivity index (χ3v) is 8.03. The van der Waals surface area contributed by atoms with E-state index in [2.05, 4.69) is 38.2 Å². The van der Waals surface area contributed by atoms with Crippen molar-refractivity contribution >= 4 is 28.8 Å². The Bertz CT molecular complexity index is 1110. The van der Waals surface area contributed by atoms with Crippen molar-refractivity contribution in [2.75, 3.05) is 51.8 Å². The SMILES string of the molecule is COC1=CC(N2CCN(C)CC2)=C(N)CC1(N)c1ncc(Cl)c(N2CCc3ccsc3C2)n1. The van der Waals surface area contributed by atoms with E-state index in [4.69, 9.17) is 32.8 Å². The lowest BCUT2D eigenvalue weighted by Crippen LogP contribution is -2.48. The van der Waals surface area contributed by atoms with Gasteiger partial charge in [-0.25, -0.2) is 9.97 Å². The summed E-state index contributed by atoms with van der Waals surface area (Å²) in [5.41, 5.74) is 15.6. The Labute approximate surface area is 203 Å². The largest absolute Gasteiger partial charge is 0.499 e. The lowest BCUT2D eigenvalue weighted by Gasteiger charge is -2.40. The Kier molecular flexibility index (Phi) is 5.98. The van der Waals surface area contributed by atoms with Gasteiger partial charge in [0.2, 0.25) is 0 Å². The molecule has 3 aliphatic rings. The molecule has 4 heterocycles. The number of hydrogen-bond acceptors (Lipinski definition) is 9.